The number of rotatable bonds is 8. The Labute approximate surface area is 249 Å². The molecule has 42 heavy (non-hydrogen) atoms. The van der Waals surface area contributed by atoms with Crippen LogP contribution in [0.1, 0.15) is 55.4 Å². The summed E-state index contributed by atoms with van der Waals surface area (Å²) in [5.74, 6) is 1.25. The summed E-state index contributed by atoms with van der Waals surface area (Å²) in [4.78, 5) is 18.5. The molecule has 1 spiro atoms. The molecule has 1 saturated heterocycles. The van der Waals surface area contributed by atoms with E-state index >= 15 is 0 Å². The Hall–Kier alpha value is -3.41. The van der Waals surface area contributed by atoms with Crippen LogP contribution in [0, 0.1) is 5.92 Å². The first kappa shape index (κ1) is 27.4. The maximum atomic E-state index is 13.9. The SMILES string of the molecule is CC(C)CN(C(=O)C=Cc1ccccc1)[C@H]1CC[C@@]2(O)[C@H]3Cc4cccc5c4[C@@]2(CCN3CCc2ccccc2)[C@H]1O5. The second-order valence-electron chi connectivity index (χ2n) is 13.2. The van der Waals surface area contributed by atoms with Crippen molar-refractivity contribution in [3.8, 4) is 5.75 Å². The van der Waals surface area contributed by atoms with Gasteiger partial charge in [0, 0.05) is 30.8 Å². The number of amides is 1. The molecule has 2 bridgehead atoms. The van der Waals surface area contributed by atoms with E-state index in [2.05, 4.69) is 72.2 Å². The van der Waals surface area contributed by atoms with Gasteiger partial charge in [0.15, 0.2) is 0 Å². The Bertz CT molecular complexity index is 1470. The van der Waals surface area contributed by atoms with Gasteiger partial charge < -0.3 is 14.7 Å². The summed E-state index contributed by atoms with van der Waals surface area (Å²) in [5.41, 5.74) is 3.47. The molecule has 0 aromatic heterocycles. The molecule has 5 atom stereocenters. The minimum atomic E-state index is -0.894. The second-order valence-corrected chi connectivity index (χ2v) is 13.2. The number of likely N-dealkylation sites (tertiary alicyclic amines) is 1. The highest BCUT2D eigenvalue weighted by Gasteiger charge is 2.73. The number of aliphatic hydroxyl groups is 1. The van der Waals surface area contributed by atoms with Gasteiger partial charge in [-0.05, 0) is 73.4 Å². The summed E-state index contributed by atoms with van der Waals surface area (Å²) in [7, 11) is 0. The maximum absolute atomic E-state index is 13.9. The Morgan fingerprint density at radius 2 is 1.81 bits per heavy atom. The van der Waals surface area contributed by atoms with E-state index in [0.29, 0.717) is 18.9 Å². The van der Waals surface area contributed by atoms with E-state index in [0.717, 1.165) is 50.1 Å². The zero-order valence-electron chi connectivity index (χ0n) is 24.8. The van der Waals surface area contributed by atoms with Gasteiger partial charge in [0.05, 0.1) is 17.1 Å². The fourth-order valence-electron chi connectivity index (χ4n) is 8.69. The Morgan fingerprint density at radius 3 is 2.57 bits per heavy atom. The molecule has 1 amide bonds. The fraction of sp³-hybridized carbons (Fsp3) is 0.432. The van der Waals surface area contributed by atoms with Gasteiger partial charge in [0.1, 0.15) is 11.9 Å². The zero-order valence-corrected chi connectivity index (χ0v) is 24.8. The molecule has 7 rings (SSSR count). The molecule has 2 heterocycles. The van der Waals surface area contributed by atoms with E-state index in [9.17, 15) is 9.90 Å². The number of carbonyl (C=O) groups excluding carboxylic acids is 1. The Morgan fingerprint density at radius 1 is 1.05 bits per heavy atom. The molecule has 2 fully saturated rings. The van der Waals surface area contributed by atoms with Crippen LogP contribution < -0.4 is 4.74 Å². The molecular formula is C37H42N2O3. The first-order valence-corrected chi connectivity index (χ1v) is 15.7. The van der Waals surface area contributed by atoms with Crippen molar-refractivity contribution in [1.29, 1.82) is 0 Å². The largest absolute Gasteiger partial charge is 0.487 e. The third-order valence-corrected chi connectivity index (χ3v) is 10.4. The van der Waals surface area contributed by atoms with Crippen molar-refractivity contribution in [2.45, 2.75) is 75.2 Å². The molecule has 2 aliphatic carbocycles. The van der Waals surface area contributed by atoms with Crippen molar-refractivity contribution in [1.82, 2.24) is 9.80 Å². The van der Waals surface area contributed by atoms with Crippen molar-refractivity contribution in [2.24, 2.45) is 5.92 Å². The van der Waals surface area contributed by atoms with E-state index in [4.69, 9.17) is 4.74 Å². The van der Waals surface area contributed by atoms with Crippen molar-refractivity contribution in [3.63, 3.8) is 0 Å². The molecular weight excluding hydrogens is 520 g/mol. The molecule has 218 valence electrons. The lowest BCUT2D eigenvalue weighted by atomic mass is 9.48. The van der Waals surface area contributed by atoms with Gasteiger partial charge in [-0.3, -0.25) is 9.69 Å². The minimum absolute atomic E-state index is 0.0202. The predicted molar refractivity (Wildman–Crippen MR) is 166 cm³/mol. The van der Waals surface area contributed by atoms with Gasteiger partial charge in [-0.1, -0.05) is 86.6 Å². The summed E-state index contributed by atoms with van der Waals surface area (Å²) in [5, 5.41) is 12.9. The lowest BCUT2D eigenvalue weighted by molar-refractivity contribution is -0.201. The molecule has 3 aromatic rings. The van der Waals surface area contributed by atoms with Gasteiger partial charge >= 0.3 is 0 Å². The van der Waals surface area contributed by atoms with Crippen LogP contribution in [0.2, 0.25) is 0 Å². The number of ether oxygens (including phenoxy) is 1. The number of benzene rings is 3. The first-order valence-electron chi connectivity index (χ1n) is 15.7. The number of nitrogens with zero attached hydrogens (tertiary/aromatic N) is 2. The summed E-state index contributed by atoms with van der Waals surface area (Å²) in [6, 6.07) is 27.0. The van der Waals surface area contributed by atoms with E-state index in [1.807, 2.05) is 36.4 Å². The molecule has 3 aromatic carbocycles. The number of hydrogen-bond donors (Lipinski definition) is 1. The van der Waals surface area contributed by atoms with Gasteiger partial charge in [-0.15, -0.1) is 0 Å². The van der Waals surface area contributed by atoms with E-state index in [1.54, 1.807) is 6.08 Å². The molecule has 1 saturated carbocycles. The summed E-state index contributed by atoms with van der Waals surface area (Å²) in [6.45, 7) is 6.85. The molecule has 1 N–H and O–H groups in total. The molecule has 4 aliphatic rings. The molecule has 0 radical (unpaired) electrons. The zero-order chi connectivity index (χ0) is 28.9. The Kier molecular flexibility index (Phi) is 6.99. The third kappa shape index (κ3) is 4.32. The van der Waals surface area contributed by atoms with Crippen LogP contribution in [0.25, 0.3) is 6.08 Å². The van der Waals surface area contributed by atoms with E-state index < -0.39 is 11.0 Å². The van der Waals surface area contributed by atoms with Crippen LogP contribution in [0.5, 0.6) is 5.75 Å². The lowest BCUT2D eigenvalue weighted by Gasteiger charge is -2.65. The molecule has 2 aliphatic heterocycles. The van der Waals surface area contributed by atoms with Crippen molar-refractivity contribution >= 4 is 12.0 Å². The molecule has 5 heteroatoms. The van der Waals surface area contributed by atoms with Gasteiger partial charge in [0.25, 0.3) is 0 Å². The van der Waals surface area contributed by atoms with Crippen LogP contribution >= 0.6 is 0 Å². The molecule has 0 unspecified atom stereocenters. The smallest absolute Gasteiger partial charge is 0.246 e. The second kappa shape index (κ2) is 10.7. The normalized spacial score (nSPS) is 29.4. The van der Waals surface area contributed by atoms with Crippen molar-refractivity contribution in [2.75, 3.05) is 19.6 Å². The maximum Gasteiger partial charge on any atom is 0.246 e. The number of hydrogen-bond acceptors (Lipinski definition) is 4. The average Bonchev–Trinajstić information content (AvgIpc) is 3.34. The van der Waals surface area contributed by atoms with Crippen LogP contribution in [-0.2, 0) is 23.1 Å². The van der Waals surface area contributed by atoms with Crippen molar-refractivity contribution < 1.29 is 14.6 Å². The minimum Gasteiger partial charge on any atom is -0.487 e. The highest BCUT2D eigenvalue weighted by atomic mass is 16.5. The predicted octanol–water partition coefficient (Wildman–Crippen LogP) is 5.65. The van der Waals surface area contributed by atoms with Gasteiger partial charge in [-0.2, -0.15) is 0 Å². The van der Waals surface area contributed by atoms with Crippen LogP contribution in [0.15, 0.2) is 84.9 Å². The van der Waals surface area contributed by atoms with Crippen LogP contribution in [0.3, 0.4) is 0 Å². The van der Waals surface area contributed by atoms with Crippen LogP contribution in [-0.4, -0.2) is 64.2 Å². The third-order valence-electron chi connectivity index (χ3n) is 10.4. The number of piperidine rings is 1. The number of carbonyl (C=O) groups is 1. The van der Waals surface area contributed by atoms with E-state index in [1.165, 1.54) is 16.7 Å². The average molecular weight is 563 g/mol. The fourth-order valence-corrected chi connectivity index (χ4v) is 8.69. The standard InChI is InChI=1S/C37H42N2O3/c1-26(2)25-39(33(40)17-16-27-10-5-3-6-11-27)30-18-20-37(41)32-24-29-14-9-15-31-34(29)36(37,35(30)42-31)21-23-38(32)22-19-28-12-7-4-8-13-28/h3-17,26,30,32,35,41H,18-25H2,1-2H3/t30-,32+,35-,36-,37+/m0/s1. The molecule has 5 nitrogen and oxygen atoms in total. The quantitative estimate of drug-likeness (QED) is 0.361. The Balaban J connectivity index is 1.23. The van der Waals surface area contributed by atoms with Crippen molar-refractivity contribution in [3.05, 3.63) is 107 Å². The highest BCUT2D eigenvalue weighted by Crippen LogP contribution is 2.64. The summed E-state index contributed by atoms with van der Waals surface area (Å²) in [6.07, 6.45) is 7.42. The van der Waals surface area contributed by atoms with Crippen LogP contribution in [0.4, 0.5) is 0 Å². The van der Waals surface area contributed by atoms with Gasteiger partial charge in [0.2, 0.25) is 5.91 Å². The van der Waals surface area contributed by atoms with E-state index in [-0.39, 0.29) is 24.1 Å². The summed E-state index contributed by atoms with van der Waals surface area (Å²) < 4.78 is 6.90. The monoisotopic (exact) mass is 562 g/mol. The first-order chi connectivity index (χ1) is 20.4. The topological polar surface area (TPSA) is 53.0 Å². The summed E-state index contributed by atoms with van der Waals surface area (Å²) >= 11 is 0. The lowest BCUT2D eigenvalue weighted by Crippen LogP contribution is -2.78. The van der Waals surface area contributed by atoms with Gasteiger partial charge in [-0.25, -0.2) is 0 Å². The highest BCUT2D eigenvalue weighted by molar-refractivity contribution is 5.92.